The molecule has 3 heterocycles. The minimum Gasteiger partial charge on any atom is -0.355 e. The molecule has 0 bridgehead atoms. The molecule has 0 amide bonds. The van der Waals surface area contributed by atoms with Gasteiger partial charge >= 0.3 is 0 Å². The first-order valence-corrected chi connectivity index (χ1v) is 10.6. The first-order valence-electron chi connectivity index (χ1n) is 10.2. The molecule has 4 aromatic rings. The van der Waals surface area contributed by atoms with Gasteiger partial charge in [-0.3, -0.25) is 0 Å². The Bertz CT molecular complexity index is 1250. The van der Waals surface area contributed by atoms with E-state index in [4.69, 9.17) is 16.6 Å². The lowest BCUT2D eigenvalue weighted by Gasteiger charge is -2.39. The van der Waals surface area contributed by atoms with Gasteiger partial charge in [0.05, 0.1) is 11.6 Å². The van der Waals surface area contributed by atoms with Crippen molar-refractivity contribution in [2.45, 2.75) is 32.7 Å². The van der Waals surface area contributed by atoms with Crippen molar-refractivity contribution >= 4 is 28.3 Å². The average Bonchev–Trinajstić information content (AvgIpc) is 3.03. The summed E-state index contributed by atoms with van der Waals surface area (Å²) in [5.41, 5.74) is 6.79. The summed E-state index contributed by atoms with van der Waals surface area (Å²) in [6.07, 6.45) is 3.41. The number of aromatic nitrogens is 2. The predicted molar refractivity (Wildman–Crippen MR) is 121 cm³/mol. The van der Waals surface area contributed by atoms with E-state index in [1.807, 2.05) is 24.4 Å². The number of halogens is 2. The highest BCUT2D eigenvalue weighted by Crippen LogP contribution is 2.40. The SMILES string of the molecule is Cc1[nH]c2c(N3CCc4c(Cl)cccc4C3Cc3cccc(F)c3)nccc2c1C. The Morgan fingerprint density at radius 1 is 1.17 bits per heavy atom. The van der Waals surface area contributed by atoms with E-state index in [0.717, 1.165) is 40.6 Å². The highest BCUT2D eigenvalue weighted by molar-refractivity contribution is 6.31. The Kier molecular flexibility index (Phi) is 4.75. The number of H-pyrrole nitrogens is 1. The predicted octanol–water partition coefficient (Wildman–Crippen LogP) is 6.32. The minimum absolute atomic E-state index is 0.0243. The molecular weight excluding hydrogens is 397 g/mol. The van der Waals surface area contributed by atoms with Gasteiger partial charge in [0.15, 0.2) is 5.82 Å². The van der Waals surface area contributed by atoms with Crippen molar-refractivity contribution in [2.24, 2.45) is 0 Å². The molecule has 1 atom stereocenters. The van der Waals surface area contributed by atoms with Crippen LogP contribution in [-0.4, -0.2) is 16.5 Å². The number of nitrogens with one attached hydrogen (secondary N) is 1. The molecule has 3 nitrogen and oxygen atoms in total. The van der Waals surface area contributed by atoms with Crippen molar-refractivity contribution in [3.05, 3.63) is 93.5 Å². The normalized spacial score (nSPS) is 16.1. The summed E-state index contributed by atoms with van der Waals surface area (Å²) >= 11 is 6.55. The topological polar surface area (TPSA) is 31.9 Å². The zero-order chi connectivity index (χ0) is 20.8. The summed E-state index contributed by atoms with van der Waals surface area (Å²) in [5.74, 6) is 0.729. The van der Waals surface area contributed by atoms with Gasteiger partial charge in [0.1, 0.15) is 5.82 Å². The number of pyridine rings is 1. The van der Waals surface area contributed by atoms with Crippen LogP contribution in [0.5, 0.6) is 0 Å². The van der Waals surface area contributed by atoms with Gasteiger partial charge in [0.25, 0.3) is 0 Å². The molecule has 0 spiro atoms. The third-order valence-corrected chi connectivity index (χ3v) is 6.65. The van der Waals surface area contributed by atoms with Crippen LogP contribution in [0.4, 0.5) is 10.2 Å². The second kappa shape index (κ2) is 7.44. The highest BCUT2D eigenvalue weighted by atomic mass is 35.5. The van der Waals surface area contributed by atoms with E-state index in [0.29, 0.717) is 6.42 Å². The third-order valence-electron chi connectivity index (χ3n) is 6.29. The van der Waals surface area contributed by atoms with Crippen LogP contribution in [0.25, 0.3) is 10.9 Å². The third kappa shape index (κ3) is 3.16. The monoisotopic (exact) mass is 419 g/mol. The number of anilines is 1. The molecule has 5 heteroatoms. The van der Waals surface area contributed by atoms with Crippen LogP contribution in [0, 0.1) is 19.7 Å². The van der Waals surface area contributed by atoms with Gasteiger partial charge in [-0.2, -0.15) is 0 Å². The number of nitrogens with zero attached hydrogens (tertiary/aromatic N) is 2. The summed E-state index contributed by atoms with van der Waals surface area (Å²) in [7, 11) is 0. The Morgan fingerprint density at radius 3 is 2.83 bits per heavy atom. The molecule has 0 fully saturated rings. The van der Waals surface area contributed by atoms with Crippen molar-refractivity contribution in [2.75, 3.05) is 11.4 Å². The van der Waals surface area contributed by atoms with Gasteiger partial charge in [-0.05, 0) is 73.2 Å². The van der Waals surface area contributed by atoms with E-state index in [2.05, 4.69) is 35.9 Å². The van der Waals surface area contributed by atoms with Gasteiger partial charge in [-0.15, -0.1) is 0 Å². The highest BCUT2D eigenvalue weighted by Gasteiger charge is 2.31. The molecular formula is C25H23ClFN3. The van der Waals surface area contributed by atoms with Crippen molar-refractivity contribution in [3.63, 3.8) is 0 Å². The van der Waals surface area contributed by atoms with Crippen LogP contribution in [0.15, 0.2) is 54.7 Å². The van der Waals surface area contributed by atoms with E-state index in [9.17, 15) is 4.39 Å². The van der Waals surface area contributed by atoms with E-state index in [1.54, 1.807) is 12.1 Å². The van der Waals surface area contributed by atoms with E-state index < -0.39 is 0 Å². The summed E-state index contributed by atoms with van der Waals surface area (Å²) in [5, 5.41) is 1.99. The van der Waals surface area contributed by atoms with Gasteiger partial charge in [-0.25, -0.2) is 9.37 Å². The maximum Gasteiger partial charge on any atom is 0.153 e. The molecule has 1 aliphatic rings. The fraction of sp³-hybridized carbons (Fsp3) is 0.240. The number of benzene rings is 2. The fourth-order valence-corrected chi connectivity index (χ4v) is 4.93. The van der Waals surface area contributed by atoms with Crippen molar-refractivity contribution < 1.29 is 4.39 Å². The first kappa shape index (κ1) is 19.1. The Balaban J connectivity index is 1.66. The second-order valence-corrected chi connectivity index (χ2v) is 8.44. The van der Waals surface area contributed by atoms with Crippen LogP contribution in [0.1, 0.15) is 34.0 Å². The lowest BCUT2D eigenvalue weighted by atomic mass is 9.88. The number of aromatic amines is 1. The lowest BCUT2D eigenvalue weighted by molar-refractivity contribution is 0.570. The van der Waals surface area contributed by atoms with Gasteiger partial charge in [0, 0.05) is 28.8 Å². The van der Waals surface area contributed by atoms with E-state index >= 15 is 0 Å². The molecule has 0 aliphatic carbocycles. The zero-order valence-corrected chi connectivity index (χ0v) is 17.8. The average molecular weight is 420 g/mol. The molecule has 0 saturated carbocycles. The first-order chi connectivity index (χ1) is 14.5. The molecule has 5 rings (SSSR count). The Labute approximate surface area is 180 Å². The summed E-state index contributed by atoms with van der Waals surface area (Å²) in [6, 6.07) is 15.0. The molecule has 2 aromatic carbocycles. The van der Waals surface area contributed by atoms with Crippen LogP contribution in [0.2, 0.25) is 5.02 Å². The van der Waals surface area contributed by atoms with E-state index in [1.165, 1.54) is 28.1 Å². The van der Waals surface area contributed by atoms with Crippen LogP contribution >= 0.6 is 11.6 Å². The van der Waals surface area contributed by atoms with Crippen LogP contribution in [0.3, 0.4) is 0 Å². The Hall–Kier alpha value is -2.85. The maximum atomic E-state index is 13.9. The number of rotatable bonds is 3. The number of hydrogen-bond acceptors (Lipinski definition) is 2. The lowest BCUT2D eigenvalue weighted by Crippen LogP contribution is -2.37. The molecule has 1 unspecified atom stereocenters. The molecule has 30 heavy (non-hydrogen) atoms. The zero-order valence-electron chi connectivity index (χ0n) is 17.0. The summed E-state index contributed by atoms with van der Waals surface area (Å²) in [6.45, 7) is 5.03. The van der Waals surface area contributed by atoms with Gasteiger partial charge in [0.2, 0.25) is 0 Å². The smallest absolute Gasteiger partial charge is 0.153 e. The summed E-state index contributed by atoms with van der Waals surface area (Å²) < 4.78 is 13.9. The van der Waals surface area contributed by atoms with Gasteiger partial charge < -0.3 is 9.88 Å². The van der Waals surface area contributed by atoms with Crippen molar-refractivity contribution in [1.29, 1.82) is 0 Å². The number of fused-ring (bicyclic) bond motifs is 2. The van der Waals surface area contributed by atoms with Crippen LogP contribution in [-0.2, 0) is 12.8 Å². The van der Waals surface area contributed by atoms with E-state index in [-0.39, 0.29) is 11.9 Å². The molecule has 1 N–H and O–H groups in total. The van der Waals surface area contributed by atoms with Crippen molar-refractivity contribution in [1.82, 2.24) is 9.97 Å². The maximum absolute atomic E-state index is 13.9. The number of hydrogen-bond donors (Lipinski definition) is 1. The molecule has 152 valence electrons. The minimum atomic E-state index is -0.211. The molecule has 0 radical (unpaired) electrons. The van der Waals surface area contributed by atoms with Crippen molar-refractivity contribution in [3.8, 4) is 0 Å². The summed E-state index contributed by atoms with van der Waals surface area (Å²) in [4.78, 5) is 10.7. The Morgan fingerprint density at radius 2 is 2.00 bits per heavy atom. The molecule has 1 aliphatic heterocycles. The standard InChI is InChI=1S/C25H23ClFN3/c1-15-16(2)29-24-19(15)9-11-28-25(24)30-12-10-20-21(7-4-8-22(20)26)23(30)14-17-5-3-6-18(27)13-17/h3-9,11,13,23,29H,10,12,14H2,1-2H3. The second-order valence-electron chi connectivity index (χ2n) is 8.03. The molecule has 2 aromatic heterocycles. The van der Waals surface area contributed by atoms with Gasteiger partial charge in [-0.1, -0.05) is 35.9 Å². The number of aryl methyl sites for hydroxylation is 2. The fourth-order valence-electron chi connectivity index (χ4n) is 4.66. The molecule has 0 saturated heterocycles. The quantitative estimate of drug-likeness (QED) is 0.421. The van der Waals surface area contributed by atoms with Crippen LogP contribution < -0.4 is 4.90 Å². The largest absolute Gasteiger partial charge is 0.355 e.